The van der Waals surface area contributed by atoms with Gasteiger partial charge in [0.05, 0.1) is 6.61 Å². The zero-order chi connectivity index (χ0) is 12.3. The number of hydrogen-bond acceptors (Lipinski definition) is 5. The Hall–Kier alpha value is -1.88. The van der Waals surface area contributed by atoms with Crippen molar-refractivity contribution >= 4 is 0 Å². The molecule has 5 heteroatoms. The average Bonchev–Trinajstić information content (AvgIpc) is 2.78. The number of aromatic nitrogens is 2. The smallest absolute Gasteiger partial charge is 0.258 e. The molecule has 1 aromatic carbocycles. The van der Waals surface area contributed by atoms with Gasteiger partial charge in [0.1, 0.15) is 5.75 Å². The van der Waals surface area contributed by atoms with E-state index in [0.717, 1.165) is 11.1 Å². The van der Waals surface area contributed by atoms with Crippen LogP contribution in [0.15, 0.2) is 22.7 Å². The SMILES string of the molecule is COCCc1noc(-c2cccc(O)c2C)n1. The lowest BCUT2D eigenvalue weighted by Gasteiger charge is -2.01. The molecule has 0 saturated heterocycles. The molecule has 0 aliphatic rings. The van der Waals surface area contributed by atoms with Gasteiger partial charge in [0, 0.05) is 24.7 Å². The van der Waals surface area contributed by atoms with Gasteiger partial charge in [0.2, 0.25) is 0 Å². The van der Waals surface area contributed by atoms with Crippen LogP contribution in [0.1, 0.15) is 11.4 Å². The number of rotatable bonds is 4. The van der Waals surface area contributed by atoms with Crippen LogP contribution in [0.4, 0.5) is 0 Å². The number of benzene rings is 1. The van der Waals surface area contributed by atoms with Crippen LogP contribution < -0.4 is 0 Å². The molecule has 0 aliphatic heterocycles. The minimum atomic E-state index is 0.221. The fraction of sp³-hybridized carbons (Fsp3) is 0.333. The average molecular weight is 234 g/mol. The number of phenolic OH excluding ortho intramolecular Hbond substituents is 1. The summed E-state index contributed by atoms with van der Waals surface area (Å²) in [4.78, 5) is 4.25. The molecule has 0 spiro atoms. The third kappa shape index (κ3) is 2.45. The molecule has 0 unspecified atom stereocenters. The minimum Gasteiger partial charge on any atom is -0.508 e. The summed E-state index contributed by atoms with van der Waals surface area (Å²) in [7, 11) is 1.63. The Kier molecular flexibility index (Phi) is 3.39. The molecule has 0 bridgehead atoms. The lowest BCUT2D eigenvalue weighted by atomic mass is 10.1. The van der Waals surface area contributed by atoms with Crippen molar-refractivity contribution in [2.24, 2.45) is 0 Å². The number of hydrogen-bond donors (Lipinski definition) is 1. The van der Waals surface area contributed by atoms with Crippen LogP contribution in [0.25, 0.3) is 11.5 Å². The number of phenols is 1. The predicted octanol–water partition coefficient (Wildman–Crippen LogP) is 1.94. The van der Waals surface area contributed by atoms with Crippen molar-refractivity contribution < 1.29 is 14.4 Å². The fourth-order valence-electron chi connectivity index (χ4n) is 1.51. The molecule has 0 atom stereocenters. The summed E-state index contributed by atoms with van der Waals surface area (Å²) in [5.41, 5.74) is 1.48. The lowest BCUT2D eigenvalue weighted by molar-refractivity contribution is 0.199. The Morgan fingerprint density at radius 1 is 1.41 bits per heavy atom. The monoisotopic (exact) mass is 234 g/mol. The highest BCUT2D eigenvalue weighted by Crippen LogP contribution is 2.27. The number of aromatic hydroxyl groups is 1. The Morgan fingerprint density at radius 3 is 3.00 bits per heavy atom. The van der Waals surface area contributed by atoms with E-state index in [1.807, 2.05) is 13.0 Å². The van der Waals surface area contributed by atoms with E-state index in [4.69, 9.17) is 9.26 Å². The summed E-state index contributed by atoms with van der Waals surface area (Å²) in [6, 6.07) is 5.21. The molecule has 2 rings (SSSR count). The normalized spacial score (nSPS) is 10.7. The predicted molar refractivity (Wildman–Crippen MR) is 61.7 cm³/mol. The van der Waals surface area contributed by atoms with Crippen molar-refractivity contribution in [3.8, 4) is 17.2 Å². The zero-order valence-electron chi connectivity index (χ0n) is 9.80. The van der Waals surface area contributed by atoms with Gasteiger partial charge in [-0.3, -0.25) is 0 Å². The third-order valence-electron chi connectivity index (χ3n) is 2.53. The molecule has 0 saturated carbocycles. The number of ether oxygens (including phenoxy) is 1. The van der Waals surface area contributed by atoms with Crippen LogP contribution in [0.3, 0.4) is 0 Å². The molecule has 1 aromatic heterocycles. The maximum atomic E-state index is 9.60. The summed E-state index contributed by atoms with van der Waals surface area (Å²) in [6.07, 6.45) is 0.609. The van der Waals surface area contributed by atoms with E-state index in [2.05, 4.69) is 10.1 Å². The fourth-order valence-corrected chi connectivity index (χ4v) is 1.51. The van der Waals surface area contributed by atoms with Crippen LogP contribution in [-0.4, -0.2) is 29.0 Å². The van der Waals surface area contributed by atoms with Gasteiger partial charge in [-0.2, -0.15) is 4.98 Å². The highest BCUT2D eigenvalue weighted by Gasteiger charge is 2.12. The van der Waals surface area contributed by atoms with Crippen LogP contribution in [0.2, 0.25) is 0 Å². The van der Waals surface area contributed by atoms with Crippen molar-refractivity contribution in [3.05, 3.63) is 29.6 Å². The topological polar surface area (TPSA) is 68.4 Å². The second kappa shape index (κ2) is 4.97. The Balaban J connectivity index is 2.27. The van der Waals surface area contributed by atoms with Gasteiger partial charge >= 0.3 is 0 Å². The van der Waals surface area contributed by atoms with Gasteiger partial charge in [0.25, 0.3) is 5.89 Å². The van der Waals surface area contributed by atoms with Gasteiger partial charge in [-0.15, -0.1) is 0 Å². The first-order valence-corrected chi connectivity index (χ1v) is 5.33. The molecule has 17 heavy (non-hydrogen) atoms. The molecular weight excluding hydrogens is 220 g/mol. The van der Waals surface area contributed by atoms with E-state index < -0.39 is 0 Å². The molecule has 0 aliphatic carbocycles. The van der Waals surface area contributed by atoms with Gasteiger partial charge in [0.15, 0.2) is 5.82 Å². The van der Waals surface area contributed by atoms with Gasteiger partial charge < -0.3 is 14.4 Å². The van der Waals surface area contributed by atoms with E-state index in [1.54, 1.807) is 19.2 Å². The molecule has 0 radical (unpaired) electrons. The van der Waals surface area contributed by atoms with E-state index in [1.165, 1.54) is 0 Å². The zero-order valence-corrected chi connectivity index (χ0v) is 9.80. The summed E-state index contributed by atoms with van der Waals surface area (Å²) >= 11 is 0. The quantitative estimate of drug-likeness (QED) is 0.875. The summed E-state index contributed by atoms with van der Waals surface area (Å²) in [5.74, 6) is 1.24. The summed E-state index contributed by atoms with van der Waals surface area (Å²) in [6.45, 7) is 2.36. The largest absolute Gasteiger partial charge is 0.508 e. The highest BCUT2D eigenvalue weighted by molar-refractivity contribution is 5.61. The van der Waals surface area contributed by atoms with E-state index in [-0.39, 0.29) is 5.75 Å². The van der Waals surface area contributed by atoms with Gasteiger partial charge in [-0.05, 0) is 19.1 Å². The maximum Gasteiger partial charge on any atom is 0.258 e. The van der Waals surface area contributed by atoms with Crippen molar-refractivity contribution in [1.82, 2.24) is 10.1 Å². The standard InChI is InChI=1S/C12H14N2O3/c1-8-9(4-3-5-10(8)15)12-13-11(14-17-12)6-7-16-2/h3-5,15H,6-7H2,1-2H3. The highest BCUT2D eigenvalue weighted by atomic mass is 16.5. The Labute approximate surface area is 99.0 Å². The van der Waals surface area contributed by atoms with Gasteiger partial charge in [-0.25, -0.2) is 0 Å². The number of methoxy groups -OCH3 is 1. The van der Waals surface area contributed by atoms with Gasteiger partial charge in [-0.1, -0.05) is 11.2 Å². The maximum absolute atomic E-state index is 9.60. The van der Waals surface area contributed by atoms with E-state index in [9.17, 15) is 5.11 Å². The van der Waals surface area contributed by atoms with E-state index in [0.29, 0.717) is 24.7 Å². The number of nitrogens with zero attached hydrogens (tertiary/aromatic N) is 2. The minimum absolute atomic E-state index is 0.221. The molecule has 0 fully saturated rings. The first-order chi connectivity index (χ1) is 8.22. The van der Waals surface area contributed by atoms with Crippen molar-refractivity contribution in [1.29, 1.82) is 0 Å². The summed E-state index contributed by atoms with van der Waals surface area (Å²) < 4.78 is 10.1. The Morgan fingerprint density at radius 2 is 2.24 bits per heavy atom. The molecule has 1 heterocycles. The second-order valence-electron chi connectivity index (χ2n) is 3.71. The molecule has 0 amide bonds. The molecule has 2 aromatic rings. The molecular formula is C12H14N2O3. The van der Waals surface area contributed by atoms with Crippen molar-refractivity contribution in [2.45, 2.75) is 13.3 Å². The van der Waals surface area contributed by atoms with Crippen LogP contribution in [0, 0.1) is 6.92 Å². The Bertz CT molecular complexity index is 508. The van der Waals surface area contributed by atoms with Crippen LogP contribution >= 0.6 is 0 Å². The lowest BCUT2D eigenvalue weighted by Crippen LogP contribution is -1.96. The molecule has 90 valence electrons. The first kappa shape index (κ1) is 11.6. The summed E-state index contributed by atoms with van der Waals surface area (Å²) in [5, 5.41) is 13.5. The molecule has 5 nitrogen and oxygen atoms in total. The van der Waals surface area contributed by atoms with Crippen molar-refractivity contribution in [3.63, 3.8) is 0 Å². The first-order valence-electron chi connectivity index (χ1n) is 5.33. The van der Waals surface area contributed by atoms with Crippen LogP contribution in [-0.2, 0) is 11.2 Å². The van der Waals surface area contributed by atoms with Crippen molar-refractivity contribution in [2.75, 3.05) is 13.7 Å². The third-order valence-corrected chi connectivity index (χ3v) is 2.53. The van der Waals surface area contributed by atoms with E-state index >= 15 is 0 Å². The second-order valence-corrected chi connectivity index (χ2v) is 3.71. The van der Waals surface area contributed by atoms with Crippen LogP contribution in [0.5, 0.6) is 5.75 Å². The molecule has 1 N–H and O–H groups in total.